The molecule has 0 N–H and O–H groups in total. The highest BCUT2D eigenvalue weighted by Gasteiger charge is 2.34. The van der Waals surface area contributed by atoms with Crippen LogP contribution in [0.15, 0.2) is 59.8 Å². The van der Waals surface area contributed by atoms with Crippen LogP contribution in [0.1, 0.15) is 5.69 Å². The molecular formula is C16H11F3N8S. The van der Waals surface area contributed by atoms with E-state index in [1.54, 1.807) is 35.2 Å². The summed E-state index contributed by atoms with van der Waals surface area (Å²) in [4.78, 5) is 11.2. The van der Waals surface area contributed by atoms with Crippen molar-refractivity contribution in [2.24, 2.45) is 0 Å². The molecule has 28 heavy (non-hydrogen) atoms. The lowest BCUT2D eigenvalue weighted by atomic mass is 10.2. The Morgan fingerprint density at radius 2 is 1.96 bits per heavy atom. The molecule has 142 valence electrons. The van der Waals surface area contributed by atoms with Gasteiger partial charge in [-0.1, -0.05) is 6.08 Å². The van der Waals surface area contributed by atoms with Gasteiger partial charge in [0.15, 0.2) is 16.7 Å². The number of fused-ring (bicyclic) bond motifs is 1. The highest BCUT2D eigenvalue weighted by Crippen LogP contribution is 2.34. The Bertz CT molecular complexity index is 1140. The van der Waals surface area contributed by atoms with E-state index in [2.05, 4.69) is 36.8 Å². The summed E-state index contributed by atoms with van der Waals surface area (Å²) in [5.41, 5.74) is -0.285. The summed E-state index contributed by atoms with van der Waals surface area (Å²) >= 11 is 0.980. The first kappa shape index (κ1) is 18.1. The Balaban J connectivity index is 1.81. The first-order chi connectivity index (χ1) is 13.5. The minimum absolute atomic E-state index is 0.151. The molecule has 12 heteroatoms. The molecule has 8 nitrogen and oxygen atoms in total. The van der Waals surface area contributed by atoms with Gasteiger partial charge < -0.3 is 0 Å². The number of rotatable bonds is 5. The normalized spacial score (nSPS) is 11.8. The van der Waals surface area contributed by atoms with Gasteiger partial charge in [0.1, 0.15) is 11.4 Å². The van der Waals surface area contributed by atoms with Crippen LogP contribution in [0.2, 0.25) is 0 Å². The molecular weight excluding hydrogens is 393 g/mol. The molecule has 4 aromatic rings. The van der Waals surface area contributed by atoms with E-state index in [9.17, 15) is 13.2 Å². The van der Waals surface area contributed by atoms with Gasteiger partial charge in [-0.25, -0.2) is 4.98 Å². The number of hydrogen-bond donors (Lipinski definition) is 0. The fourth-order valence-electron chi connectivity index (χ4n) is 2.47. The molecule has 4 rings (SSSR count). The van der Waals surface area contributed by atoms with Crippen molar-refractivity contribution < 1.29 is 13.2 Å². The van der Waals surface area contributed by atoms with Gasteiger partial charge in [0.05, 0.1) is 0 Å². The lowest BCUT2D eigenvalue weighted by molar-refractivity contribution is -0.141. The van der Waals surface area contributed by atoms with Gasteiger partial charge in [-0.3, -0.25) is 9.55 Å². The molecule has 0 unspecified atom stereocenters. The second-order valence-electron chi connectivity index (χ2n) is 5.49. The Labute approximate surface area is 160 Å². The van der Waals surface area contributed by atoms with Gasteiger partial charge in [0.2, 0.25) is 0 Å². The van der Waals surface area contributed by atoms with Crippen LogP contribution < -0.4 is 0 Å². The third-order valence-electron chi connectivity index (χ3n) is 3.67. The van der Waals surface area contributed by atoms with Crippen molar-refractivity contribution in [1.29, 1.82) is 0 Å². The van der Waals surface area contributed by atoms with Crippen LogP contribution in [-0.2, 0) is 12.7 Å². The van der Waals surface area contributed by atoms with Gasteiger partial charge in [0.25, 0.3) is 5.78 Å². The molecule has 0 radical (unpaired) electrons. The first-order valence-corrected chi connectivity index (χ1v) is 8.69. The molecule has 0 saturated heterocycles. The van der Waals surface area contributed by atoms with E-state index in [-0.39, 0.29) is 10.8 Å². The summed E-state index contributed by atoms with van der Waals surface area (Å²) in [5, 5.41) is 12.8. The Kier molecular flexibility index (Phi) is 4.55. The fourth-order valence-corrected chi connectivity index (χ4v) is 3.39. The third-order valence-corrected chi connectivity index (χ3v) is 4.66. The number of allylic oxidation sites excluding steroid dienone is 1. The van der Waals surface area contributed by atoms with Crippen molar-refractivity contribution in [3.8, 4) is 11.4 Å². The maximum absolute atomic E-state index is 13.2. The Hall–Kier alpha value is -3.28. The summed E-state index contributed by atoms with van der Waals surface area (Å²) in [6.45, 7) is 4.09. The van der Waals surface area contributed by atoms with E-state index in [4.69, 9.17) is 0 Å². The number of pyridine rings is 1. The molecule has 0 amide bonds. The zero-order valence-electron chi connectivity index (χ0n) is 14.1. The smallest absolute Gasteiger partial charge is 0.298 e. The highest BCUT2D eigenvalue weighted by atomic mass is 32.2. The second-order valence-corrected chi connectivity index (χ2v) is 6.48. The summed E-state index contributed by atoms with van der Waals surface area (Å²) in [5.74, 6) is 0.395. The standard InChI is InChI=1S/C16H11F3N8S/c1-2-7-26-13(10-3-5-20-6-4-10)24-25-15(26)28-12-8-11(16(17,18)19)23-14-21-9-22-27(12)14/h2-6,8-9H,1,7H2. The predicted molar refractivity (Wildman–Crippen MR) is 93.4 cm³/mol. The molecule has 0 aliphatic rings. The largest absolute Gasteiger partial charge is 0.433 e. The molecule has 0 aliphatic heterocycles. The maximum Gasteiger partial charge on any atom is 0.433 e. The van der Waals surface area contributed by atoms with E-state index in [1.165, 1.54) is 4.52 Å². The van der Waals surface area contributed by atoms with Crippen LogP contribution in [0.3, 0.4) is 0 Å². The third kappa shape index (κ3) is 3.33. The lowest BCUT2D eigenvalue weighted by Gasteiger charge is -2.10. The maximum atomic E-state index is 13.2. The predicted octanol–water partition coefficient (Wildman–Crippen LogP) is 3.13. The van der Waals surface area contributed by atoms with Crippen molar-refractivity contribution in [2.75, 3.05) is 0 Å². The number of halogens is 3. The molecule has 4 heterocycles. The Morgan fingerprint density at radius 1 is 1.18 bits per heavy atom. The number of hydrogen-bond acceptors (Lipinski definition) is 7. The first-order valence-electron chi connectivity index (χ1n) is 7.87. The average Bonchev–Trinajstić information content (AvgIpc) is 3.30. The summed E-state index contributed by atoms with van der Waals surface area (Å²) in [6.07, 6.45) is 1.42. The van der Waals surface area contributed by atoms with Crippen molar-refractivity contribution in [2.45, 2.75) is 22.9 Å². The fraction of sp³-hybridized carbons (Fsp3) is 0.125. The summed E-state index contributed by atoms with van der Waals surface area (Å²) in [7, 11) is 0. The van der Waals surface area contributed by atoms with Gasteiger partial charge in [-0.15, -0.1) is 16.8 Å². The van der Waals surface area contributed by atoms with Crippen LogP contribution in [0.5, 0.6) is 0 Å². The van der Waals surface area contributed by atoms with Crippen LogP contribution in [0.4, 0.5) is 13.2 Å². The highest BCUT2D eigenvalue weighted by molar-refractivity contribution is 7.99. The van der Waals surface area contributed by atoms with Crippen LogP contribution >= 0.6 is 11.8 Å². The molecule has 0 aromatic carbocycles. The monoisotopic (exact) mass is 404 g/mol. The zero-order chi connectivity index (χ0) is 19.7. The summed E-state index contributed by atoms with van der Waals surface area (Å²) in [6, 6.07) is 4.44. The van der Waals surface area contributed by atoms with E-state index < -0.39 is 11.9 Å². The molecule has 0 spiro atoms. The molecule has 0 aliphatic carbocycles. The van der Waals surface area contributed by atoms with Crippen molar-refractivity contribution >= 4 is 17.5 Å². The van der Waals surface area contributed by atoms with E-state index in [1.807, 2.05) is 0 Å². The van der Waals surface area contributed by atoms with Crippen molar-refractivity contribution in [3.63, 3.8) is 0 Å². The van der Waals surface area contributed by atoms with Crippen LogP contribution in [0.25, 0.3) is 17.2 Å². The van der Waals surface area contributed by atoms with Gasteiger partial charge in [0, 0.05) is 30.6 Å². The zero-order valence-corrected chi connectivity index (χ0v) is 14.9. The van der Waals surface area contributed by atoms with Crippen LogP contribution in [-0.4, -0.2) is 39.3 Å². The van der Waals surface area contributed by atoms with Crippen molar-refractivity contribution in [3.05, 3.63) is 55.3 Å². The second kappa shape index (κ2) is 7.03. The number of nitrogens with zero attached hydrogens (tertiary/aromatic N) is 8. The SMILES string of the molecule is C=CCn1c(Sc2cc(C(F)(F)F)nc3ncnn23)nnc1-c1ccncc1. The van der Waals surface area contributed by atoms with Gasteiger partial charge >= 0.3 is 6.18 Å². The number of aromatic nitrogens is 8. The molecule has 4 aromatic heterocycles. The molecule has 0 saturated carbocycles. The van der Waals surface area contributed by atoms with Gasteiger partial charge in [-0.05, 0) is 23.9 Å². The lowest BCUT2D eigenvalue weighted by Crippen LogP contribution is -2.11. The molecule has 0 atom stereocenters. The van der Waals surface area contributed by atoms with E-state index >= 15 is 0 Å². The Morgan fingerprint density at radius 3 is 2.68 bits per heavy atom. The quantitative estimate of drug-likeness (QED) is 0.373. The topological polar surface area (TPSA) is 86.7 Å². The molecule has 0 bridgehead atoms. The van der Waals surface area contributed by atoms with E-state index in [0.717, 1.165) is 29.7 Å². The van der Waals surface area contributed by atoms with E-state index in [0.29, 0.717) is 17.5 Å². The number of alkyl halides is 3. The minimum Gasteiger partial charge on any atom is -0.298 e. The van der Waals surface area contributed by atoms with Crippen molar-refractivity contribution in [1.82, 2.24) is 39.3 Å². The van der Waals surface area contributed by atoms with Crippen LogP contribution in [0, 0.1) is 0 Å². The molecule has 0 fully saturated rings. The average molecular weight is 404 g/mol. The minimum atomic E-state index is -4.61. The summed E-state index contributed by atoms with van der Waals surface area (Å²) < 4.78 is 42.5. The van der Waals surface area contributed by atoms with Gasteiger partial charge in [-0.2, -0.15) is 27.8 Å².